The van der Waals surface area contributed by atoms with Gasteiger partial charge in [-0.05, 0) is 33.3 Å². The fourth-order valence-corrected chi connectivity index (χ4v) is 4.03. The summed E-state index contributed by atoms with van der Waals surface area (Å²) >= 11 is 0. The van der Waals surface area contributed by atoms with Gasteiger partial charge >= 0.3 is 0 Å². The third-order valence-corrected chi connectivity index (χ3v) is 5.25. The van der Waals surface area contributed by atoms with Crippen LogP contribution in [0.5, 0.6) is 0 Å². The normalized spacial score (nSPS) is 39.4. The highest BCUT2D eigenvalue weighted by Crippen LogP contribution is 2.48. The van der Waals surface area contributed by atoms with Crippen molar-refractivity contribution < 1.29 is 28.4 Å². The molecule has 1 aromatic rings. The Hall–Kier alpha value is -1.28. The summed E-state index contributed by atoms with van der Waals surface area (Å²) in [5, 5.41) is 0. The summed E-state index contributed by atoms with van der Waals surface area (Å²) in [5.74, 6) is -1.42. The van der Waals surface area contributed by atoms with Gasteiger partial charge in [0, 0.05) is 0 Å². The Morgan fingerprint density at radius 2 is 1.78 bits per heavy atom. The Morgan fingerprint density at radius 3 is 2.41 bits per heavy atom. The van der Waals surface area contributed by atoms with Gasteiger partial charge in [-0.1, -0.05) is 36.4 Å². The largest absolute Gasteiger partial charge is 0.360 e. The second kappa shape index (κ2) is 6.65. The number of benzene rings is 1. The van der Waals surface area contributed by atoms with Crippen LogP contribution in [0.15, 0.2) is 43.0 Å². The molecule has 3 fully saturated rings. The molecule has 0 aromatic heterocycles. The molecule has 3 aliphatic heterocycles. The summed E-state index contributed by atoms with van der Waals surface area (Å²) in [4.78, 5) is 0. The summed E-state index contributed by atoms with van der Waals surface area (Å²) in [6, 6.07) is 9.99. The van der Waals surface area contributed by atoms with Gasteiger partial charge in [-0.15, -0.1) is 6.58 Å². The maximum atomic E-state index is 6.44. The van der Waals surface area contributed by atoms with Gasteiger partial charge in [-0.2, -0.15) is 0 Å². The van der Waals surface area contributed by atoms with E-state index in [1.165, 1.54) is 0 Å². The van der Waals surface area contributed by atoms with Crippen LogP contribution in [0.25, 0.3) is 0 Å². The minimum Gasteiger partial charge on any atom is -0.360 e. The predicted molar refractivity (Wildman–Crippen MR) is 97.8 cm³/mol. The van der Waals surface area contributed by atoms with Crippen molar-refractivity contribution in [3.63, 3.8) is 0 Å². The SMILES string of the molecule is C=C[C@@]1(OCc2ccccc2)[C@@H]([C@@H]2COC(C)(C)O2)O[C@@H]2OC(C)(C)O[C@@H]21. The molecule has 3 saturated heterocycles. The molecule has 0 spiro atoms. The summed E-state index contributed by atoms with van der Waals surface area (Å²) in [6.07, 6.45) is 0.0171. The van der Waals surface area contributed by atoms with E-state index in [9.17, 15) is 0 Å². The number of hydrogen-bond donors (Lipinski definition) is 0. The quantitative estimate of drug-likeness (QED) is 0.736. The molecule has 0 amide bonds. The molecule has 0 unspecified atom stereocenters. The zero-order chi connectivity index (χ0) is 19.3. The molecule has 148 valence electrons. The highest BCUT2D eigenvalue weighted by molar-refractivity contribution is 5.19. The van der Waals surface area contributed by atoms with Crippen LogP contribution in [0.2, 0.25) is 0 Å². The monoisotopic (exact) mass is 376 g/mol. The second-order valence-electron chi connectivity index (χ2n) is 8.18. The summed E-state index contributed by atoms with van der Waals surface area (Å²) < 4.78 is 36.6. The fraction of sp³-hybridized carbons (Fsp3) is 0.619. The van der Waals surface area contributed by atoms with Crippen LogP contribution in [0, 0.1) is 0 Å². The first-order valence-corrected chi connectivity index (χ1v) is 9.39. The predicted octanol–water partition coefficient (Wildman–Crippen LogP) is 3.16. The average Bonchev–Trinajstić information content (AvgIpc) is 3.22. The fourth-order valence-electron chi connectivity index (χ4n) is 4.03. The van der Waals surface area contributed by atoms with Crippen molar-refractivity contribution in [2.75, 3.05) is 6.61 Å². The third kappa shape index (κ3) is 3.46. The lowest BCUT2D eigenvalue weighted by atomic mass is 9.88. The van der Waals surface area contributed by atoms with Crippen molar-refractivity contribution in [1.82, 2.24) is 0 Å². The van der Waals surface area contributed by atoms with Gasteiger partial charge in [0.25, 0.3) is 0 Å². The zero-order valence-corrected chi connectivity index (χ0v) is 16.3. The number of rotatable bonds is 5. The Kier molecular flexibility index (Phi) is 4.70. The van der Waals surface area contributed by atoms with Crippen LogP contribution < -0.4 is 0 Å². The summed E-state index contributed by atoms with van der Waals surface area (Å²) in [6.45, 7) is 12.4. The van der Waals surface area contributed by atoms with Crippen molar-refractivity contribution >= 4 is 0 Å². The van der Waals surface area contributed by atoms with E-state index < -0.39 is 35.7 Å². The summed E-state index contributed by atoms with van der Waals surface area (Å²) in [5.41, 5.74) is 0.144. The smallest absolute Gasteiger partial charge is 0.191 e. The lowest BCUT2D eigenvalue weighted by Gasteiger charge is -2.37. The van der Waals surface area contributed by atoms with Gasteiger partial charge < -0.3 is 28.4 Å². The zero-order valence-electron chi connectivity index (χ0n) is 16.3. The van der Waals surface area contributed by atoms with Crippen LogP contribution >= 0.6 is 0 Å². The molecular formula is C21H28O6. The third-order valence-electron chi connectivity index (χ3n) is 5.25. The lowest BCUT2D eigenvalue weighted by molar-refractivity contribution is -0.248. The van der Waals surface area contributed by atoms with Crippen LogP contribution in [0.3, 0.4) is 0 Å². The molecule has 1 aromatic carbocycles. The molecule has 4 rings (SSSR count). The van der Waals surface area contributed by atoms with E-state index in [2.05, 4.69) is 6.58 Å². The molecule has 0 radical (unpaired) electrons. The number of ether oxygens (including phenoxy) is 6. The van der Waals surface area contributed by atoms with E-state index in [-0.39, 0.29) is 6.10 Å². The second-order valence-corrected chi connectivity index (χ2v) is 8.18. The standard InChI is InChI=1S/C21H28O6/c1-6-21(23-12-14-10-8-7-9-11-14)16(15-13-22-19(2,3)25-15)24-18-17(21)26-20(4,5)27-18/h6-11,15-18H,1,12-13H2,2-5H3/t15-,16+,17-,18+,21+/m0/s1. The van der Waals surface area contributed by atoms with Crippen LogP contribution in [-0.4, -0.2) is 48.4 Å². The molecule has 5 atom stereocenters. The number of hydrogen-bond acceptors (Lipinski definition) is 6. The number of fused-ring (bicyclic) bond motifs is 1. The molecule has 0 bridgehead atoms. The molecule has 6 heteroatoms. The van der Waals surface area contributed by atoms with E-state index >= 15 is 0 Å². The van der Waals surface area contributed by atoms with Crippen molar-refractivity contribution in [1.29, 1.82) is 0 Å². The molecule has 27 heavy (non-hydrogen) atoms. The molecule has 0 saturated carbocycles. The van der Waals surface area contributed by atoms with Gasteiger partial charge in [-0.25, -0.2) is 0 Å². The topological polar surface area (TPSA) is 55.4 Å². The molecular weight excluding hydrogens is 348 g/mol. The first-order chi connectivity index (χ1) is 12.7. The van der Waals surface area contributed by atoms with Crippen molar-refractivity contribution in [3.8, 4) is 0 Å². The van der Waals surface area contributed by atoms with Gasteiger partial charge in [0.15, 0.2) is 17.9 Å². The van der Waals surface area contributed by atoms with E-state index in [1.807, 2.05) is 58.0 Å². The Bertz CT molecular complexity index is 687. The van der Waals surface area contributed by atoms with E-state index in [4.69, 9.17) is 28.4 Å². The van der Waals surface area contributed by atoms with E-state index in [0.717, 1.165) is 5.56 Å². The Morgan fingerprint density at radius 1 is 1.04 bits per heavy atom. The molecule has 0 N–H and O–H groups in total. The van der Waals surface area contributed by atoms with E-state index in [1.54, 1.807) is 6.08 Å². The van der Waals surface area contributed by atoms with E-state index in [0.29, 0.717) is 13.2 Å². The molecule has 0 aliphatic carbocycles. The minimum atomic E-state index is -0.914. The summed E-state index contributed by atoms with van der Waals surface area (Å²) in [7, 11) is 0. The Labute approximate surface area is 160 Å². The van der Waals surface area contributed by atoms with Gasteiger partial charge in [-0.3, -0.25) is 0 Å². The lowest BCUT2D eigenvalue weighted by Crippen LogP contribution is -2.54. The highest BCUT2D eigenvalue weighted by Gasteiger charge is 2.66. The van der Waals surface area contributed by atoms with Gasteiger partial charge in [0.2, 0.25) is 0 Å². The first kappa shape index (κ1) is 19.1. The maximum Gasteiger partial charge on any atom is 0.191 e. The first-order valence-electron chi connectivity index (χ1n) is 9.39. The van der Waals surface area contributed by atoms with Crippen LogP contribution in [0.1, 0.15) is 33.3 Å². The molecule has 6 nitrogen and oxygen atoms in total. The van der Waals surface area contributed by atoms with Crippen molar-refractivity contribution in [3.05, 3.63) is 48.6 Å². The van der Waals surface area contributed by atoms with Gasteiger partial charge in [0.05, 0.1) is 13.2 Å². The van der Waals surface area contributed by atoms with Crippen LogP contribution in [-0.2, 0) is 35.0 Å². The minimum absolute atomic E-state index is 0.310. The van der Waals surface area contributed by atoms with Crippen molar-refractivity contribution in [2.24, 2.45) is 0 Å². The Balaban J connectivity index is 1.62. The average molecular weight is 376 g/mol. The van der Waals surface area contributed by atoms with Crippen LogP contribution in [0.4, 0.5) is 0 Å². The van der Waals surface area contributed by atoms with Gasteiger partial charge in [0.1, 0.15) is 23.9 Å². The molecule has 3 heterocycles. The van der Waals surface area contributed by atoms with Crippen molar-refractivity contribution in [2.45, 2.75) is 76.1 Å². The highest BCUT2D eigenvalue weighted by atomic mass is 16.9. The molecule has 3 aliphatic rings. The maximum absolute atomic E-state index is 6.44.